The van der Waals surface area contributed by atoms with Crippen molar-refractivity contribution in [1.29, 1.82) is 0 Å². The van der Waals surface area contributed by atoms with E-state index >= 15 is 0 Å². The van der Waals surface area contributed by atoms with Crippen LogP contribution in [0.2, 0.25) is 0 Å². The van der Waals surface area contributed by atoms with E-state index in [9.17, 15) is 10.1 Å². The first-order valence-corrected chi connectivity index (χ1v) is 4.91. The molecule has 0 aromatic carbocycles. The number of pyridine rings is 1. The predicted octanol–water partition coefficient (Wildman–Crippen LogP) is 1.70. The number of hydrogen-bond acceptors (Lipinski definition) is 4. The molecule has 0 spiro atoms. The van der Waals surface area contributed by atoms with Gasteiger partial charge in [0.1, 0.15) is 6.20 Å². The lowest BCUT2D eigenvalue weighted by Crippen LogP contribution is -2.21. The van der Waals surface area contributed by atoms with Gasteiger partial charge in [-0.05, 0) is 28.8 Å². The Balaban J connectivity index is 2.60. The van der Waals surface area contributed by atoms with Crippen LogP contribution in [0.5, 0.6) is 0 Å². The van der Waals surface area contributed by atoms with Crippen LogP contribution >= 0.6 is 15.9 Å². The molecule has 0 bridgehead atoms. The van der Waals surface area contributed by atoms with Crippen LogP contribution in [0.25, 0.3) is 0 Å². The first-order chi connectivity index (χ1) is 6.54. The molecule has 0 unspecified atom stereocenters. The van der Waals surface area contributed by atoms with Gasteiger partial charge in [-0.3, -0.25) is 15.1 Å². The van der Waals surface area contributed by atoms with Crippen LogP contribution in [-0.2, 0) is 5.54 Å². The van der Waals surface area contributed by atoms with E-state index in [2.05, 4.69) is 20.9 Å². The molecule has 1 fully saturated rings. The highest BCUT2D eigenvalue weighted by atomic mass is 79.9. The summed E-state index contributed by atoms with van der Waals surface area (Å²) in [4.78, 5) is 14.1. The van der Waals surface area contributed by atoms with Gasteiger partial charge in [-0.25, -0.2) is 0 Å². The zero-order valence-corrected chi connectivity index (χ0v) is 8.82. The molecule has 0 aliphatic heterocycles. The van der Waals surface area contributed by atoms with Crippen LogP contribution in [-0.4, -0.2) is 9.91 Å². The molecule has 1 aromatic rings. The Morgan fingerprint density at radius 1 is 1.57 bits per heavy atom. The highest BCUT2D eigenvalue weighted by molar-refractivity contribution is 9.10. The van der Waals surface area contributed by atoms with Crippen molar-refractivity contribution in [3.63, 3.8) is 0 Å². The van der Waals surface area contributed by atoms with E-state index in [1.807, 2.05) is 0 Å². The van der Waals surface area contributed by atoms with Crippen molar-refractivity contribution in [2.75, 3.05) is 0 Å². The van der Waals surface area contributed by atoms with Crippen molar-refractivity contribution in [2.45, 2.75) is 18.4 Å². The van der Waals surface area contributed by atoms with Crippen LogP contribution in [0, 0.1) is 10.1 Å². The van der Waals surface area contributed by atoms with Gasteiger partial charge in [0, 0.05) is 16.2 Å². The third-order valence-electron chi connectivity index (χ3n) is 2.36. The SMILES string of the molecule is NC1(c2c(Br)cncc2[N+](=O)[O-])CC1. The fraction of sp³-hybridized carbons (Fsp3) is 0.375. The van der Waals surface area contributed by atoms with Crippen LogP contribution in [0.15, 0.2) is 16.9 Å². The zero-order chi connectivity index (χ0) is 10.3. The summed E-state index contributed by atoms with van der Waals surface area (Å²) in [5.74, 6) is 0. The molecule has 74 valence electrons. The van der Waals surface area contributed by atoms with Gasteiger partial charge in [0.25, 0.3) is 5.69 Å². The number of nitro groups is 1. The summed E-state index contributed by atoms with van der Waals surface area (Å²) in [6, 6.07) is 0. The second-order valence-corrected chi connectivity index (χ2v) is 4.28. The van der Waals surface area contributed by atoms with Gasteiger partial charge in [-0.1, -0.05) is 0 Å². The van der Waals surface area contributed by atoms with E-state index in [0.29, 0.717) is 10.0 Å². The number of hydrogen-bond donors (Lipinski definition) is 1. The smallest absolute Gasteiger partial charge is 0.293 e. The normalized spacial score (nSPS) is 17.9. The lowest BCUT2D eigenvalue weighted by Gasteiger charge is -2.10. The lowest BCUT2D eigenvalue weighted by molar-refractivity contribution is -0.386. The molecule has 14 heavy (non-hydrogen) atoms. The molecule has 0 saturated heterocycles. The summed E-state index contributed by atoms with van der Waals surface area (Å²) in [6.07, 6.45) is 4.36. The minimum absolute atomic E-state index is 0.000579. The quantitative estimate of drug-likeness (QED) is 0.646. The van der Waals surface area contributed by atoms with Crippen LogP contribution < -0.4 is 5.73 Å². The van der Waals surface area contributed by atoms with Gasteiger partial charge in [0.15, 0.2) is 0 Å². The van der Waals surface area contributed by atoms with Gasteiger partial charge in [0.05, 0.1) is 10.5 Å². The molecule has 0 radical (unpaired) electrons. The van der Waals surface area contributed by atoms with E-state index in [-0.39, 0.29) is 5.69 Å². The number of rotatable bonds is 2. The van der Waals surface area contributed by atoms with E-state index in [1.54, 1.807) is 0 Å². The topological polar surface area (TPSA) is 82.0 Å². The van der Waals surface area contributed by atoms with Crippen molar-refractivity contribution in [3.05, 3.63) is 32.5 Å². The molecule has 1 heterocycles. The molecular weight excluding hydrogens is 250 g/mol. The van der Waals surface area contributed by atoms with Crippen molar-refractivity contribution in [3.8, 4) is 0 Å². The number of nitrogens with two attached hydrogens (primary N) is 1. The van der Waals surface area contributed by atoms with Crippen LogP contribution in [0.4, 0.5) is 5.69 Å². The average Bonchev–Trinajstić information content (AvgIpc) is 2.84. The molecule has 2 N–H and O–H groups in total. The van der Waals surface area contributed by atoms with Gasteiger partial charge in [0.2, 0.25) is 0 Å². The highest BCUT2D eigenvalue weighted by Gasteiger charge is 2.46. The Morgan fingerprint density at radius 3 is 2.71 bits per heavy atom. The minimum atomic E-state index is -0.524. The van der Waals surface area contributed by atoms with Crippen molar-refractivity contribution < 1.29 is 4.92 Å². The van der Waals surface area contributed by atoms with Gasteiger partial charge >= 0.3 is 0 Å². The molecular formula is C8H8BrN3O2. The fourth-order valence-corrected chi connectivity index (χ4v) is 2.16. The molecule has 0 atom stereocenters. The first-order valence-electron chi connectivity index (χ1n) is 4.12. The monoisotopic (exact) mass is 257 g/mol. The average molecular weight is 258 g/mol. The Kier molecular flexibility index (Phi) is 2.04. The summed E-state index contributed by atoms with van der Waals surface area (Å²) in [5, 5.41) is 10.7. The number of aromatic nitrogens is 1. The van der Waals surface area contributed by atoms with E-state index in [1.165, 1.54) is 12.4 Å². The fourth-order valence-electron chi connectivity index (χ4n) is 1.44. The van der Waals surface area contributed by atoms with Gasteiger partial charge in [-0.15, -0.1) is 0 Å². The molecule has 6 heteroatoms. The molecule has 0 amide bonds. The summed E-state index contributed by atoms with van der Waals surface area (Å²) in [5.41, 5.74) is 5.99. The minimum Gasteiger partial charge on any atom is -0.321 e. The molecule has 1 aliphatic carbocycles. The maximum absolute atomic E-state index is 10.7. The van der Waals surface area contributed by atoms with Crippen molar-refractivity contribution in [2.24, 2.45) is 5.73 Å². The Morgan fingerprint density at radius 2 is 2.21 bits per heavy atom. The predicted molar refractivity (Wildman–Crippen MR) is 53.7 cm³/mol. The number of nitrogens with zero attached hydrogens (tertiary/aromatic N) is 2. The maximum Gasteiger partial charge on any atom is 0.293 e. The molecule has 2 rings (SSSR count). The lowest BCUT2D eigenvalue weighted by atomic mass is 10.1. The maximum atomic E-state index is 10.7. The third kappa shape index (κ3) is 1.40. The summed E-state index contributed by atoms with van der Waals surface area (Å²) >= 11 is 3.24. The van der Waals surface area contributed by atoms with Crippen molar-refractivity contribution in [1.82, 2.24) is 4.98 Å². The van der Waals surface area contributed by atoms with E-state index in [4.69, 9.17) is 5.73 Å². The second-order valence-electron chi connectivity index (χ2n) is 3.43. The second kappa shape index (κ2) is 2.99. The van der Waals surface area contributed by atoms with Crippen LogP contribution in [0.3, 0.4) is 0 Å². The molecule has 1 saturated carbocycles. The third-order valence-corrected chi connectivity index (χ3v) is 2.96. The Bertz CT molecular complexity index is 404. The summed E-state index contributed by atoms with van der Waals surface area (Å²) in [6.45, 7) is 0. The van der Waals surface area contributed by atoms with Gasteiger partial charge in [-0.2, -0.15) is 0 Å². The zero-order valence-electron chi connectivity index (χ0n) is 7.24. The first kappa shape index (κ1) is 9.54. The van der Waals surface area contributed by atoms with Gasteiger partial charge < -0.3 is 5.73 Å². The van der Waals surface area contributed by atoms with E-state index in [0.717, 1.165) is 12.8 Å². The Hall–Kier alpha value is -1.01. The molecule has 1 aromatic heterocycles. The standard InChI is InChI=1S/C8H8BrN3O2/c9-5-3-11-4-6(12(13)14)7(5)8(10)1-2-8/h3-4H,1-2,10H2. The molecule has 5 nitrogen and oxygen atoms in total. The number of halogens is 1. The van der Waals surface area contributed by atoms with E-state index < -0.39 is 10.5 Å². The highest BCUT2D eigenvalue weighted by Crippen LogP contribution is 2.48. The summed E-state index contributed by atoms with van der Waals surface area (Å²) in [7, 11) is 0. The molecule has 1 aliphatic rings. The van der Waals surface area contributed by atoms with Crippen LogP contribution in [0.1, 0.15) is 18.4 Å². The largest absolute Gasteiger partial charge is 0.321 e. The van der Waals surface area contributed by atoms with Crippen molar-refractivity contribution >= 4 is 21.6 Å². The summed E-state index contributed by atoms with van der Waals surface area (Å²) < 4.78 is 0.617. The Labute approximate surface area is 88.6 Å².